The van der Waals surface area contributed by atoms with Crippen molar-refractivity contribution in [2.75, 3.05) is 13.1 Å². The van der Waals surface area contributed by atoms with Crippen molar-refractivity contribution in [1.82, 2.24) is 30.4 Å². The molecule has 4 amide bonds. The fourth-order valence-corrected chi connectivity index (χ4v) is 3.93. The van der Waals surface area contributed by atoms with Crippen LogP contribution in [0.1, 0.15) is 42.2 Å². The third kappa shape index (κ3) is 3.99. The van der Waals surface area contributed by atoms with Crippen molar-refractivity contribution in [3.05, 3.63) is 53.3 Å². The van der Waals surface area contributed by atoms with E-state index in [2.05, 4.69) is 10.4 Å². The van der Waals surface area contributed by atoms with Crippen LogP contribution in [0.5, 0.6) is 0 Å². The lowest BCUT2D eigenvalue weighted by molar-refractivity contribution is -0.141. The topological polar surface area (TPSA) is 153 Å². The molecule has 2 bridgehead atoms. The first-order valence-corrected chi connectivity index (χ1v) is 10.1. The minimum absolute atomic E-state index is 0.101. The van der Waals surface area contributed by atoms with Crippen molar-refractivity contribution in [2.24, 2.45) is 0 Å². The summed E-state index contributed by atoms with van der Waals surface area (Å²) < 4.78 is 1.16. The minimum Gasteiger partial charge on any atom is -0.465 e. The lowest BCUT2D eigenvalue weighted by Gasteiger charge is -2.29. The summed E-state index contributed by atoms with van der Waals surface area (Å²) in [6, 6.07) is 7.37. The monoisotopic (exact) mass is 441 g/mol. The van der Waals surface area contributed by atoms with Gasteiger partial charge in [0.15, 0.2) is 0 Å². The zero-order valence-corrected chi connectivity index (χ0v) is 17.3. The quantitative estimate of drug-likeness (QED) is 0.398. The first kappa shape index (κ1) is 21.3. The molecule has 12 heteroatoms. The zero-order chi connectivity index (χ0) is 22.8. The molecule has 0 unspecified atom stereocenters. The van der Waals surface area contributed by atoms with E-state index in [0.29, 0.717) is 17.8 Å². The molecule has 0 aliphatic carbocycles. The molecule has 1 aromatic heterocycles. The largest absolute Gasteiger partial charge is 0.465 e. The number of benzene rings is 1. The summed E-state index contributed by atoms with van der Waals surface area (Å²) in [6.45, 7) is 2.65. The number of hydroxylamine groups is 2. The smallest absolute Gasteiger partial charge is 0.410 e. The van der Waals surface area contributed by atoms with Gasteiger partial charge in [0, 0.05) is 24.7 Å². The molecule has 2 aromatic rings. The van der Waals surface area contributed by atoms with Gasteiger partial charge >= 0.3 is 18.2 Å². The Bertz CT molecular complexity index is 1050. The molecular formula is C20H23N7O5. The fourth-order valence-electron chi connectivity index (χ4n) is 3.93. The Morgan fingerprint density at radius 1 is 1.31 bits per heavy atom. The molecule has 1 saturated heterocycles. The van der Waals surface area contributed by atoms with Gasteiger partial charge in [-0.05, 0) is 12.5 Å². The summed E-state index contributed by atoms with van der Waals surface area (Å²) >= 11 is 0. The Balaban J connectivity index is 1.64. The van der Waals surface area contributed by atoms with E-state index in [1.807, 2.05) is 35.6 Å². The van der Waals surface area contributed by atoms with Crippen LogP contribution in [0.25, 0.3) is 0 Å². The van der Waals surface area contributed by atoms with E-state index < -0.39 is 30.2 Å². The number of aromatic nitrogens is 2. The number of rotatable bonds is 6. The van der Waals surface area contributed by atoms with Gasteiger partial charge in [-0.2, -0.15) is 14.8 Å². The third-order valence-corrected chi connectivity index (χ3v) is 5.31. The third-order valence-electron chi connectivity index (χ3n) is 5.31. The maximum atomic E-state index is 13.1. The number of carbonyl (C=O) groups is 3. The molecule has 2 aliphatic rings. The average molecular weight is 441 g/mol. The molecule has 4 rings (SSSR count). The molecular weight excluding hydrogens is 418 g/mol. The van der Waals surface area contributed by atoms with Crippen LogP contribution >= 0.6 is 0 Å². The highest BCUT2D eigenvalue weighted by molar-refractivity contribution is 5.93. The van der Waals surface area contributed by atoms with Crippen LogP contribution in [0.4, 0.5) is 14.4 Å². The lowest BCUT2D eigenvalue weighted by atomic mass is 9.96. The molecule has 3 heterocycles. The van der Waals surface area contributed by atoms with Gasteiger partial charge in [0.1, 0.15) is 18.5 Å². The summed E-state index contributed by atoms with van der Waals surface area (Å²) in [7, 11) is 0. The molecule has 0 saturated carbocycles. The van der Waals surface area contributed by atoms with Crippen molar-refractivity contribution in [2.45, 2.75) is 32.0 Å². The highest BCUT2D eigenvalue weighted by Crippen LogP contribution is 2.44. The van der Waals surface area contributed by atoms with Crippen LogP contribution in [-0.2, 0) is 11.4 Å². The van der Waals surface area contributed by atoms with Gasteiger partial charge in [0.2, 0.25) is 0 Å². The van der Waals surface area contributed by atoms with Gasteiger partial charge in [0.25, 0.3) is 0 Å². The minimum atomic E-state index is -1.36. The number of nitrogens with one attached hydrogen (secondary N) is 3. The lowest BCUT2D eigenvalue weighted by Crippen LogP contribution is -2.38. The van der Waals surface area contributed by atoms with E-state index in [0.717, 1.165) is 10.2 Å². The summed E-state index contributed by atoms with van der Waals surface area (Å²) in [5.41, 5.74) is 1.95. The second kappa shape index (κ2) is 8.67. The normalized spacial score (nSPS) is 19.0. The number of hydrogen-bond donors (Lipinski definition) is 4. The highest BCUT2D eigenvalue weighted by Gasteiger charge is 2.50. The van der Waals surface area contributed by atoms with E-state index in [1.165, 1.54) is 9.96 Å². The van der Waals surface area contributed by atoms with Gasteiger partial charge in [-0.25, -0.2) is 14.4 Å². The van der Waals surface area contributed by atoms with E-state index in [4.69, 9.17) is 15.4 Å². The second-order valence-electron chi connectivity index (χ2n) is 7.41. The van der Waals surface area contributed by atoms with E-state index in [-0.39, 0.29) is 25.4 Å². The van der Waals surface area contributed by atoms with Crippen LogP contribution in [0.3, 0.4) is 0 Å². The molecule has 0 spiro atoms. The average Bonchev–Trinajstić information content (AvgIpc) is 3.32. The number of fused-ring (bicyclic) bond motifs is 4. The summed E-state index contributed by atoms with van der Waals surface area (Å²) in [5.74, 6) is -0.282. The van der Waals surface area contributed by atoms with Gasteiger partial charge in [-0.3, -0.25) is 15.6 Å². The van der Waals surface area contributed by atoms with Crippen LogP contribution in [0.15, 0.2) is 36.5 Å². The molecule has 0 radical (unpaired) electrons. The predicted octanol–water partition coefficient (Wildman–Crippen LogP) is 2.06. The molecule has 1 fully saturated rings. The van der Waals surface area contributed by atoms with Crippen LogP contribution in [-0.4, -0.2) is 61.9 Å². The number of urea groups is 1. The van der Waals surface area contributed by atoms with Gasteiger partial charge in [-0.15, -0.1) is 0 Å². The zero-order valence-electron chi connectivity index (χ0n) is 17.3. The Morgan fingerprint density at radius 2 is 2.06 bits per heavy atom. The predicted molar refractivity (Wildman–Crippen MR) is 111 cm³/mol. The number of hydrogen-bond acceptors (Lipinski definition) is 6. The van der Waals surface area contributed by atoms with Gasteiger partial charge < -0.3 is 15.3 Å². The number of nitrogens with zero attached hydrogens (tertiary/aromatic N) is 4. The van der Waals surface area contributed by atoms with Gasteiger partial charge in [0.05, 0.1) is 18.3 Å². The van der Waals surface area contributed by atoms with E-state index >= 15 is 0 Å². The molecule has 1 aromatic carbocycles. The Hall–Kier alpha value is -3.93. The fraction of sp³-hybridized carbons (Fsp3) is 0.350. The van der Waals surface area contributed by atoms with Crippen molar-refractivity contribution in [1.29, 1.82) is 5.41 Å². The van der Waals surface area contributed by atoms with Crippen LogP contribution < -0.4 is 10.6 Å². The maximum Gasteiger partial charge on any atom is 0.410 e. The van der Waals surface area contributed by atoms with Crippen LogP contribution in [0.2, 0.25) is 0 Å². The van der Waals surface area contributed by atoms with Crippen molar-refractivity contribution in [3.63, 3.8) is 0 Å². The van der Waals surface area contributed by atoms with Crippen molar-refractivity contribution in [3.8, 4) is 0 Å². The van der Waals surface area contributed by atoms with Crippen LogP contribution in [0, 0.1) is 5.41 Å². The molecule has 4 N–H and O–H groups in total. The summed E-state index contributed by atoms with van der Waals surface area (Å²) in [6.07, 6.45) is 0.0925. The first-order chi connectivity index (χ1) is 15.4. The molecule has 12 nitrogen and oxygen atoms in total. The Morgan fingerprint density at radius 3 is 2.75 bits per heavy atom. The number of amidine groups is 1. The van der Waals surface area contributed by atoms with E-state index in [9.17, 15) is 14.4 Å². The maximum absolute atomic E-state index is 13.1. The number of amides is 4. The Labute approximate surface area is 183 Å². The summed E-state index contributed by atoms with van der Waals surface area (Å²) in [4.78, 5) is 43.7. The molecule has 168 valence electrons. The van der Waals surface area contributed by atoms with Crippen molar-refractivity contribution < 1.29 is 24.3 Å². The molecule has 2 atom stereocenters. The van der Waals surface area contributed by atoms with Crippen molar-refractivity contribution >= 4 is 24.0 Å². The number of carboxylic acid groups (broad SMARTS) is 1. The molecule has 32 heavy (non-hydrogen) atoms. The Kier molecular flexibility index (Phi) is 5.77. The standard InChI is InChI=1S/C20H23N7O5/c1-2-22-18(28)26-9-13-15-10-25(14(17(13)24-26)8-16(21)23-19(29)30)20(31)27(15)32-11-12-6-4-3-5-7-12/h3-7,9,14-15H,2,8,10-11H2,1H3,(H2,21,23)(H,22,28)(H,29,30)/t14-,15-/m1/s1. The molecule has 2 aliphatic heterocycles. The van der Waals surface area contributed by atoms with E-state index in [1.54, 1.807) is 13.1 Å². The second-order valence-corrected chi connectivity index (χ2v) is 7.41. The summed E-state index contributed by atoms with van der Waals surface area (Å²) in [5, 5.41) is 27.2. The first-order valence-electron chi connectivity index (χ1n) is 10.1. The SMILES string of the molecule is CCNC(=O)n1cc2c(n1)[C@@H](CC(=N)NC(=O)O)N1C[C@H]2N(OCc2ccccc2)C1=O. The highest BCUT2D eigenvalue weighted by atomic mass is 16.7. The van der Waals surface area contributed by atoms with Gasteiger partial charge in [-0.1, -0.05) is 30.3 Å². The number of carbonyl (C=O) groups excluding carboxylic acids is 2.